The molecule has 7 heteroatoms. The van der Waals surface area contributed by atoms with E-state index < -0.39 is 19.7 Å². The Morgan fingerprint density at radius 3 is 2.58 bits per heavy atom. The molecule has 1 aliphatic heterocycles. The SMILES string of the molecule is CCOP(=O)(CC(=O)N1CCCC=CC1=O)OCC. The lowest BCUT2D eigenvalue weighted by atomic mass is 10.3. The monoisotopic (exact) mass is 289 g/mol. The number of hydrogen-bond donors (Lipinski definition) is 0. The number of carbonyl (C=O) groups is 2. The van der Waals surface area contributed by atoms with Crippen molar-refractivity contribution in [2.24, 2.45) is 0 Å². The molecule has 1 heterocycles. The van der Waals surface area contributed by atoms with Gasteiger partial charge in [-0.2, -0.15) is 0 Å². The summed E-state index contributed by atoms with van der Waals surface area (Å²) >= 11 is 0. The van der Waals surface area contributed by atoms with Gasteiger partial charge < -0.3 is 9.05 Å². The zero-order valence-corrected chi connectivity index (χ0v) is 12.2. The number of rotatable bonds is 6. The number of nitrogens with zero attached hydrogens (tertiary/aromatic N) is 1. The molecule has 0 unspecified atom stereocenters. The minimum atomic E-state index is -3.45. The Hall–Kier alpha value is -0.970. The summed E-state index contributed by atoms with van der Waals surface area (Å²) in [6, 6.07) is 0. The molecule has 1 rings (SSSR count). The first kappa shape index (κ1) is 16.1. The summed E-state index contributed by atoms with van der Waals surface area (Å²) in [6.45, 7) is 4.08. The van der Waals surface area contributed by atoms with E-state index >= 15 is 0 Å². The molecule has 0 radical (unpaired) electrons. The molecule has 0 spiro atoms. The van der Waals surface area contributed by atoms with E-state index in [9.17, 15) is 14.2 Å². The third-order valence-corrected chi connectivity index (χ3v) is 4.52. The van der Waals surface area contributed by atoms with Crippen molar-refractivity contribution < 1.29 is 23.2 Å². The van der Waals surface area contributed by atoms with E-state index in [0.717, 1.165) is 11.3 Å². The zero-order chi connectivity index (χ0) is 14.3. The summed E-state index contributed by atoms with van der Waals surface area (Å²) in [6.07, 6.45) is 4.18. The molecule has 0 saturated heterocycles. The maximum Gasteiger partial charge on any atom is 0.340 e. The van der Waals surface area contributed by atoms with E-state index in [2.05, 4.69) is 0 Å². The molecule has 0 atom stereocenters. The highest BCUT2D eigenvalue weighted by Gasteiger charge is 2.32. The van der Waals surface area contributed by atoms with Crippen LogP contribution in [0.25, 0.3) is 0 Å². The van der Waals surface area contributed by atoms with Gasteiger partial charge in [0.05, 0.1) is 13.2 Å². The van der Waals surface area contributed by atoms with Crippen molar-refractivity contribution in [3.8, 4) is 0 Å². The Kier molecular flexibility index (Phi) is 6.42. The molecule has 2 amide bonds. The number of imide groups is 1. The molecular formula is C12H20NO5P. The van der Waals surface area contributed by atoms with Gasteiger partial charge in [-0.3, -0.25) is 19.1 Å². The van der Waals surface area contributed by atoms with Gasteiger partial charge >= 0.3 is 7.60 Å². The standard InChI is InChI=1S/C12H20NO5P/c1-3-17-19(16,18-4-2)10-12(15)13-9-7-5-6-8-11(13)14/h6,8H,3-5,7,9-10H2,1-2H3. The van der Waals surface area contributed by atoms with Crippen LogP contribution in [0, 0.1) is 0 Å². The van der Waals surface area contributed by atoms with E-state index in [1.807, 2.05) is 0 Å². The van der Waals surface area contributed by atoms with E-state index in [1.54, 1.807) is 19.9 Å². The average Bonchev–Trinajstić information content (AvgIpc) is 2.54. The molecule has 108 valence electrons. The van der Waals surface area contributed by atoms with Gasteiger partial charge in [0.1, 0.15) is 6.16 Å². The zero-order valence-electron chi connectivity index (χ0n) is 11.3. The van der Waals surface area contributed by atoms with E-state index in [1.165, 1.54) is 6.08 Å². The van der Waals surface area contributed by atoms with Gasteiger partial charge in [-0.15, -0.1) is 0 Å². The second-order valence-corrected chi connectivity index (χ2v) is 6.09. The fourth-order valence-corrected chi connectivity index (χ4v) is 3.32. The molecule has 0 N–H and O–H groups in total. The third-order valence-electron chi connectivity index (χ3n) is 2.56. The van der Waals surface area contributed by atoms with Gasteiger partial charge in [0.15, 0.2) is 0 Å². The van der Waals surface area contributed by atoms with Crippen LogP contribution in [0.15, 0.2) is 12.2 Å². The molecule has 19 heavy (non-hydrogen) atoms. The highest BCUT2D eigenvalue weighted by Crippen LogP contribution is 2.48. The average molecular weight is 289 g/mol. The molecule has 0 bridgehead atoms. The van der Waals surface area contributed by atoms with Crippen molar-refractivity contribution in [1.29, 1.82) is 0 Å². The highest BCUT2D eigenvalue weighted by molar-refractivity contribution is 7.54. The maximum atomic E-state index is 12.2. The highest BCUT2D eigenvalue weighted by atomic mass is 31.2. The summed E-state index contributed by atoms with van der Waals surface area (Å²) in [4.78, 5) is 24.9. The molecule has 0 saturated carbocycles. The van der Waals surface area contributed by atoms with Crippen LogP contribution in [-0.2, 0) is 23.2 Å². The molecule has 0 aromatic heterocycles. The van der Waals surface area contributed by atoms with Crippen molar-refractivity contribution in [2.45, 2.75) is 26.7 Å². The predicted octanol–water partition coefficient (Wildman–Crippen LogP) is 1.96. The minimum absolute atomic E-state index is 0.193. The Labute approximate surface area is 113 Å². The lowest BCUT2D eigenvalue weighted by Gasteiger charge is -2.21. The van der Waals surface area contributed by atoms with Crippen molar-refractivity contribution in [1.82, 2.24) is 4.90 Å². The van der Waals surface area contributed by atoms with E-state index in [-0.39, 0.29) is 19.1 Å². The van der Waals surface area contributed by atoms with E-state index in [4.69, 9.17) is 9.05 Å². The first-order chi connectivity index (χ1) is 9.02. The molecule has 0 fully saturated rings. The van der Waals surface area contributed by atoms with Crippen molar-refractivity contribution in [3.63, 3.8) is 0 Å². The lowest BCUT2D eigenvalue weighted by molar-refractivity contribution is -0.140. The van der Waals surface area contributed by atoms with Crippen LogP contribution in [-0.4, -0.2) is 42.6 Å². The van der Waals surface area contributed by atoms with Crippen molar-refractivity contribution >= 4 is 19.4 Å². The van der Waals surface area contributed by atoms with Crippen LogP contribution >= 0.6 is 7.60 Å². The quantitative estimate of drug-likeness (QED) is 0.699. The molecule has 6 nitrogen and oxygen atoms in total. The number of allylic oxidation sites excluding steroid dienone is 1. The summed E-state index contributed by atoms with van der Waals surface area (Å²) in [5.74, 6) is -0.885. The summed E-state index contributed by atoms with van der Waals surface area (Å²) in [5, 5.41) is 0. The number of carbonyl (C=O) groups excluding carboxylic acids is 2. The van der Waals surface area contributed by atoms with Crippen molar-refractivity contribution in [3.05, 3.63) is 12.2 Å². The van der Waals surface area contributed by atoms with Crippen LogP contribution in [0.5, 0.6) is 0 Å². The first-order valence-electron chi connectivity index (χ1n) is 6.41. The topological polar surface area (TPSA) is 72.9 Å². The number of amides is 2. The Morgan fingerprint density at radius 1 is 1.37 bits per heavy atom. The second kappa shape index (κ2) is 7.58. The Morgan fingerprint density at radius 2 is 2.00 bits per heavy atom. The molecular weight excluding hydrogens is 269 g/mol. The fourth-order valence-electron chi connectivity index (χ4n) is 1.77. The lowest BCUT2D eigenvalue weighted by Crippen LogP contribution is -2.38. The van der Waals surface area contributed by atoms with Crippen molar-refractivity contribution in [2.75, 3.05) is 25.9 Å². The molecule has 0 aliphatic carbocycles. The Bertz CT molecular complexity index is 397. The van der Waals surface area contributed by atoms with Gasteiger partial charge in [-0.25, -0.2) is 0 Å². The summed E-state index contributed by atoms with van der Waals surface area (Å²) in [7, 11) is -3.45. The smallest absolute Gasteiger partial charge is 0.309 e. The first-order valence-corrected chi connectivity index (χ1v) is 8.14. The Balaban J connectivity index is 2.73. The molecule has 1 aliphatic rings. The van der Waals surface area contributed by atoms with Crippen LogP contribution < -0.4 is 0 Å². The van der Waals surface area contributed by atoms with Gasteiger partial charge in [0, 0.05) is 6.54 Å². The summed E-state index contributed by atoms with van der Waals surface area (Å²) < 4.78 is 22.3. The molecule has 0 aromatic rings. The fraction of sp³-hybridized carbons (Fsp3) is 0.667. The third kappa shape index (κ3) is 4.90. The predicted molar refractivity (Wildman–Crippen MR) is 70.8 cm³/mol. The normalized spacial score (nSPS) is 16.5. The van der Waals surface area contributed by atoms with Gasteiger partial charge in [0.25, 0.3) is 5.91 Å². The molecule has 0 aromatic carbocycles. The van der Waals surface area contributed by atoms with Crippen LogP contribution in [0.3, 0.4) is 0 Å². The van der Waals surface area contributed by atoms with Crippen LogP contribution in [0.4, 0.5) is 0 Å². The largest absolute Gasteiger partial charge is 0.340 e. The van der Waals surface area contributed by atoms with Gasteiger partial charge in [0.2, 0.25) is 5.91 Å². The minimum Gasteiger partial charge on any atom is -0.309 e. The van der Waals surface area contributed by atoms with Gasteiger partial charge in [-0.05, 0) is 32.8 Å². The van der Waals surface area contributed by atoms with Crippen LogP contribution in [0.1, 0.15) is 26.7 Å². The van der Waals surface area contributed by atoms with Crippen LogP contribution in [0.2, 0.25) is 0 Å². The van der Waals surface area contributed by atoms with E-state index in [0.29, 0.717) is 13.0 Å². The maximum absolute atomic E-state index is 12.2. The summed E-state index contributed by atoms with van der Waals surface area (Å²) in [5.41, 5.74) is 0. The number of hydrogen-bond acceptors (Lipinski definition) is 5. The second-order valence-electron chi connectivity index (χ2n) is 4.03. The van der Waals surface area contributed by atoms with Gasteiger partial charge in [-0.1, -0.05) is 6.08 Å².